The first-order valence-corrected chi connectivity index (χ1v) is 7.94. The molecule has 1 saturated heterocycles. The number of nitrogens with zero attached hydrogens (tertiary/aromatic N) is 1. The Morgan fingerprint density at radius 3 is 2.85 bits per heavy atom. The number of hydrogen-bond donors (Lipinski definition) is 2. The van der Waals surface area contributed by atoms with Crippen molar-refractivity contribution in [2.75, 3.05) is 11.4 Å². The quantitative estimate of drug-likeness (QED) is 0.644. The maximum Gasteiger partial charge on any atom is 0.161 e. The Morgan fingerprint density at radius 1 is 1.45 bits per heavy atom. The second kappa shape index (κ2) is 6.57. The number of nitrogens with two attached hydrogens (primary N) is 1. The van der Waals surface area contributed by atoms with Crippen LogP contribution in [0.4, 0.5) is 10.1 Å². The number of rotatable bonds is 3. The lowest BCUT2D eigenvalue weighted by atomic mass is 10.1. The average molecular weight is 342 g/mol. The van der Waals surface area contributed by atoms with Crippen LogP contribution >= 0.6 is 15.9 Å². The van der Waals surface area contributed by atoms with E-state index in [0.717, 1.165) is 25.8 Å². The Balaban J connectivity index is 2.40. The summed E-state index contributed by atoms with van der Waals surface area (Å²) in [6, 6.07) is 3.87. The van der Waals surface area contributed by atoms with Gasteiger partial charge in [-0.3, -0.25) is 5.41 Å². The highest BCUT2D eigenvalue weighted by Crippen LogP contribution is 2.33. The molecule has 5 heteroatoms. The van der Waals surface area contributed by atoms with Crippen molar-refractivity contribution in [1.82, 2.24) is 0 Å². The lowest BCUT2D eigenvalue weighted by molar-refractivity contribution is 0.538. The summed E-state index contributed by atoms with van der Waals surface area (Å²) in [6.45, 7) is 3.04. The zero-order chi connectivity index (χ0) is 14.7. The number of benzene rings is 1. The van der Waals surface area contributed by atoms with Gasteiger partial charge in [-0.05, 0) is 47.3 Å². The van der Waals surface area contributed by atoms with Crippen LogP contribution in [0.3, 0.4) is 0 Å². The van der Waals surface area contributed by atoms with Crippen molar-refractivity contribution in [3.63, 3.8) is 0 Å². The van der Waals surface area contributed by atoms with Crippen molar-refractivity contribution in [1.29, 1.82) is 5.41 Å². The molecule has 1 heterocycles. The van der Waals surface area contributed by atoms with Crippen LogP contribution < -0.4 is 10.6 Å². The van der Waals surface area contributed by atoms with Gasteiger partial charge in [-0.15, -0.1) is 0 Å². The van der Waals surface area contributed by atoms with Crippen LogP contribution in [0.1, 0.15) is 44.6 Å². The molecular formula is C15H21BrFN3. The first kappa shape index (κ1) is 15.3. The maximum atomic E-state index is 14.6. The SMILES string of the molecule is CCC1CCCCCN1c1ccc(C(=N)N)c(Br)c1F. The summed E-state index contributed by atoms with van der Waals surface area (Å²) in [5.74, 6) is -0.428. The van der Waals surface area contributed by atoms with E-state index >= 15 is 0 Å². The standard InChI is InChI=1S/C15H21BrFN3/c1-2-10-6-4-3-5-9-20(10)12-8-7-11(15(18)19)13(16)14(12)17/h7-8,10H,2-6,9H2,1H3,(H3,18,19). The van der Waals surface area contributed by atoms with Gasteiger partial charge in [-0.25, -0.2) is 4.39 Å². The molecule has 2 rings (SSSR count). The molecule has 0 aromatic heterocycles. The van der Waals surface area contributed by atoms with Gasteiger partial charge >= 0.3 is 0 Å². The van der Waals surface area contributed by atoms with Gasteiger partial charge in [-0.1, -0.05) is 19.8 Å². The third-order valence-electron chi connectivity index (χ3n) is 4.01. The monoisotopic (exact) mass is 341 g/mol. The fraction of sp³-hybridized carbons (Fsp3) is 0.533. The van der Waals surface area contributed by atoms with E-state index in [1.807, 2.05) is 0 Å². The number of amidine groups is 1. The highest BCUT2D eigenvalue weighted by atomic mass is 79.9. The number of halogens is 2. The van der Waals surface area contributed by atoms with Crippen LogP contribution in [0.2, 0.25) is 0 Å². The Bertz CT molecular complexity index is 504. The molecule has 0 saturated carbocycles. The average Bonchev–Trinajstić information content (AvgIpc) is 2.66. The molecule has 1 atom stereocenters. The topological polar surface area (TPSA) is 53.1 Å². The normalized spacial score (nSPS) is 19.8. The Kier molecular flexibility index (Phi) is 5.02. The highest BCUT2D eigenvalue weighted by Gasteiger charge is 2.24. The Morgan fingerprint density at radius 2 is 2.20 bits per heavy atom. The predicted octanol–water partition coefficient (Wildman–Crippen LogP) is 4.03. The number of nitrogens with one attached hydrogen (secondary N) is 1. The van der Waals surface area contributed by atoms with E-state index in [-0.39, 0.29) is 11.7 Å². The van der Waals surface area contributed by atoms with Gasteiger partial charge in [0.1, 0.15) is 5.84 Å². The van der Waals surface area contributed by atoms with Crippen LogP contribution in [0, 0.1) is 11.2 Å². The van der Waals surface area contributed by atoms with E-state index in [1.165, 1.54) is 12.8 Å². The number of nitrogen functional groups attached to an aromatic ring is 1. The molecule has 110 valence electrons. The van der Waals surface area contributed by atoms with E-state index in [2.05, 4.69) is 27.8 Å². The molecule has 1 aliphatic rings. The van der Waals surface area contributed by atoms with Gasteiger partial charge in [0, 0.05) is 18.2 Å². The summed E-state index contributed by atoms with van der Waals surface area (Å²) in [6.07, 6.45) is 5.65. The highest BCUT2D eigenvalue weighted by molar-refractivity contribution is 9.10. The van der Waals surface area contributed by atoms with E-state index in [0.29, 0.717) is 21.8 Å². The van der Waals surface area contributed by atoms with Gasteiger partial charge in [-0.2, -0.15) is 0 Å². The number of anilines is 1. The first-order valence-electron chi connectivity index (χ1n) is 7.15. The second-order valence-corrected chi connectivity index (χ2v) is 6.07. The zero-order valence-corrected chi connectivity index (χ0v) is 13.3. The van der Waals surface area contributed by atoms with Crippen LogP contribution in [-0.2, 0) is 0 Å². The van der Waals surface area contributed by atoms with Crippen LogP contribution in [0.15, 0.2) is 16.6 Å². The summed E-state index contributed by atoms with van der Waals surface area (Å²) in [5, 5.41) is 7.47. The molecule has 0 aliphatic carbocycles. The van der Waals surface area contributed by atoms with Crippen molar-refractivity contribution in [3.8, 4) is 0 Å². The molecule has 1 aromatic rings. The minimum Gasteiger partial charge on any atom is -0.384 e. The van der Waals surface area contributed by atoms with E-state index in [4.69, 9.17) is 11.1 Å². The Labute approximate surface area is 128 Å². The minimum absolute atomic E-state index is 0.120. The van der Waals surface area contributed by atoms with E-state index in [1.54, 1.807) is 12.1 Å². The molecule has 0 radical (unpaired) electrons. The molecular weight excluding hydrogens is 321 g/mol. The second-order valence-electron chi connectivity index (χ2n) is 5.28. The van der Waals surface area contributed by atoms with Crippen molar-refractivity contribution < 1.29 is 4.39 Å². The fourth-order valence-corrected chi connectivity index (χ4v) is 3.44. The van der Waals surface area contributed by atoms with Crippen molar-refractivity contribution in [2.45, 2.75) is 45.1 Å². The summed E-state index contributed by atoms with van der Waals surface area (Å²) in [7, 11) is 0. The van der Waals surface area contributed by atoms with Crippen LogP contribution in [0.25, 0.3) is 0 Å². The smallest absolute Gasteiger partial charge is 0.161 e. The molecule has 1 aliphatic heterocycles. The summed E-state index contributed by atoms with van der Waals surface area (Å²) >= 11 is 3.24. The van der Waals surface area contributed by atoms with Crippen LogP contribution in [0.5, 0.6) is 0 Å². The molecule has 0 bridgehead atoms. The van der Waals surface area contributed by atoms with Gasteiger partial charge < -0.3 is 10.6 Å². The molecule has 3 nitrogen and oxygen atoms in total. The first-order chi connectivity index (χ1) is 9.56. The molecule has 20 heavy (non-hydrogen) atoms. The third kappa shape index (κ3) is 2.97. The van der Waals surface area contributed by atoms with Gasteiger partial charge in [0.25, 0.3) is 0 Å². The fourth-order valence-electron chi connectivity index (χ4n) is 2.89. The van der Waals surface area contributed by atoms with Crippen molar-refractivity contribution in [2.24, 2.45) is 5.73 Å². The molecule has 1 fully saturated rings. The van der Waals surface area contributed by atoms with Crippen molar-refractivity contribution >= 4 is 27.5 Å². The minimum atomic E-state index is -0.307. The van der Waals surface area contributed by atoms with E-state index < -0.39 is 0 Å². The number of hydrogen-bond acceptors (Lipinski definition) is 2. The van der Waals surface area contributed by atoms with Crippen LogP contribution in [-0.4, -0.2) is 18.4 Å². The van der Waals surface area contributed by atoms with Gasteiger partial charge in [0.05, 0.1) is 10.2 Å². The van der Waals surface area contributed by atoms with Gasteiger partial charge in [0.15, 0.2) is 5.82 Å². The summed E-state index contributed by atoms with van der Waals surface area (Å²) in [4.78, 5) is 2.18. The molecule has 0 amide bonds. The molecule has 1 aromatic carbocycles. The summed E-state index contributed by atoms with van der Waals surface area (Å²) < 4.78 is 14.9. The molecule has 0 spiro atoms. The van der Waals surface area contributed by atoms with E-state index in [9.17, 15) is 4.39 Å². The third-order valence-corrected chi connectivity index (χ3v) is 4.79. The molecule has 1 unspecified atom stereocenters. The Hall–Kier alpha value is -1.10. The maximum absolute atomic E-state index is 14.6. The summed E-state index contributed by atoms with van der Waals surface area (Å²) in [5.41, 5.74) is 6.50. The lowest BCUT2D eigenvalue weighted by Gasteiger charge is -2.32. The predicted molar refractivity (Wildman–Crippen MR) is 85.0 cm³/mol. The largest absolute Gasteiger partial charge is 0.384 e. The zero-order valence-electron chi connectivity index (χ0n) is 11.8. The lowest BCUT2D eigenvalue weighted by Crippen LogP contribution is -2.35. The van der Waals surface area contributed by atoms with Gasteiger partial charge in [0.2, 0.25) is 0 Å². The molecule has 3 N–H and O–H groups in total. The van der Waals surface area contributed by atoms with Crippen molar-refractivity contribution in [3.05, 3.63) is 28.0 Å².